The van der Waals surface area contributed by atoms with Gasteiger partial charge in [-0.2, -0.15) is 0 Å². The summed E-state index contributed by atoms with van der Waals surface area (Å²) < 4.78 is 10.9. The number of hydrogen-bond donors (Lipinski definition) is 1. The fraction of sp³-hybridized carbons (Fsp3) is 0.435. The van der Waals surface area contributed by atoms with Crippen LogP contribution in [-0.4, -0.2) is 44.2 Å². The van der Waals surface area contributed by atoms with Crippen molar-refractivity contribution in [2.45, 2.75) is 32.7 Å². The van der Waals surface area contributed by atoms with E-state index < -0.39 is 0 Å². The van der Waals surface area contributed by atoms with Crippen LogP contribution in [0.3, 0.4) is 0 Å². The minimum atomic E-state index is -0.132. The predicted molar refractivity (Wildman–Crippen MR) is 123 cm³/mol. The third-order valence-corrected chi connectivity index (χ3v) is 5.95. The molecule has 2 aromatic carbocycles. The fourth-order valence-corrected chi connectivity index (χ4v) is 3.85. The topological polar surface area (TPSA) is 50.8 Å². The molecule has 2 aromatic rings. The van der Waals surface area contributed by atoms with Gasteiger partial charge in [-0.25, -0.2) is 0 Å². The first-order valence-electron chi connectivity index (χ1n) is 10.0. The molecule has 30 heavy (non-hydrogen) atoms. The molecule has 0 aromatic heterocycles. The number of hydrogen-bond acceptors (Lipinski definition) is 4. The maximum atomic E-state index is 12.4. The highest BCUT2D eigenvalue weighted by Gasteiger charge is 2.24. The lowest BCUT2D eigenvalue weighted by molar-refractivity contribution is -0.123. The number of likely N-dealkylation sites (tertiary alicyclic amines) is 1. The van der Waals surface area contributed by atoms with Crippen molar-refractivity contribution in [1.29, 1.82) is 0 Å². The molecule has 1 N–H and O–H groups in total. The average Bonchev–Trinajstić information content (AvgIpc) is 3.25. The van der Waals surface area contributed by atoms with Crippen LogP contribution < -0.4 is 14.8 Å². The zero-order chi connectivity index (χ0) is 20.8. The predicted octanol–water partition coefficient (Wildman–Crippen LogP) is 4.72. The van der Waals surface area contributed by atoms with E-state index in [2.05, 4.69) is 22.3 Å². The summed E-state index contributed by atoms with van der Waals surface area (Å²) >= 11 is 6.19. The first-order valence-corrected chi connectivity index (χ1v) is 10.4. The number of methoxy groups -OCH3 is 1. The molecular formula is C23H30Cl2N2O3. The van der Waals surface area contributed by atoms with Crippen molar-refractivity contribution in [3.05, 3.63) is 58.1 Å². The maximum Gasteiger partial charge on any atom is 0.258 e. The van der Waals surface area contributed by atoms with Crippen LogP contribution >= 0.6 is 24.0 Å². The van der Waals surface area contributed by atoms with Gasteiger partial charge in [0, 0.05) is 11.6 Å². The Bertz CT molecular complexity index is 814. The normalized spacial score (nSPS) is 14.7. The zero-order valence-corrected chi connectivity index (χ0v) is 19.3. The average molecular weight is 453 g/mol. The van der Waals surface area contributed by atoms with Gasteiger partial charge < -0.3 is 14.8 Å². The lowest BCUT2D eigenvalue weighted by atomic mass is 10.1. The number of carbonyl (C=O) groups excluding carboxylic acids is 1. The Morgan fingerprint density at radius 3 is 2.27 bits per heavy atom. The summed E-state index contributed by atoms with van der Waals surface area (Å²) in [4.78, 5) is 14.8. The summed E-state index contributed by atoms with van der Waals surface area (Å²) in [5.41, 5.74) is 3.06. The molecule has 0 radical (unpaired) electrons. The second kappa shape index (κ2) is 11.4. The fourth-order valence-electron chi connectivity index (χ4n) is 3.74. The quantitative estimate of drug-likeness (QED) is 0.629. The third kappa shape index (κ3) is 6.27. The summed E-state index contributed by atoms with van der Waals surface area (Å²) in [7, 11) is 1.66. The molecule has 0 spiro atoms. The largest absolute Gasteiger partial charge is 0.497 e. The summed E-state index contributed by atoms with van der Waals surface area (Å²) in [6.45, 7) is 6.48. The second-order valence-corrected chi connectivity index (χ2v) is 7.87. The van der Waals surface area contributed by atoms with Gasteiger partial charge in [0.05, 0.1) is 13.2 Å². The first kappa shape index (κ1) is 24.3. The molecule has 0 saturated carbocycles. The van der Waals surface area contributed by atoms with Crippen molar-refractivity contribution in [3.8, 4) is 11.5 Å². The Labute approximate surface area is 190 Å². The lowest BCUT2D eigenvalue weighted by Crippen LogP contribution is -2.38. The number of aryl methyl sites for hydroxylation is 2. The molecular weight excluding hydrogens is 423 g/mol. The third-order valence-electron chi connectivity index (χ3n) is 5.35. The van der Waals surface area contributed by atoms with Crippen molar-refractivity contribution >= 4 is 29.9 Å². The highest BCUT2D eigenvalue weighted by molar-refractivity contribution is 6.32. The Balaban J connectivity index is 0.00000320. The Morgan fingerprint density at radius 1 is 1.10 bits per heavy atom. The van der Waals surface area contributed by atoms with Gasteiger partial charge >= 0.3 is 0 Å². The summed E-state index contributed by atoms with van der Waals surface area (Å²) in [6.07, 6.45) is 2.39. The number of amides is 1. The van der Waals surface area contributed by atoms with Crippen LogP contribution in [-0.2, 0) is 4.79 Å². The van der Waals surface area contributed by atoms with Crippen molar-refractivity contribution in [1.82, 2.24) is 10.2 Å². The molecule has 0 aliphatic carbocycles. The van der Waals surface area contributed by atoms with E-state index in [4.69, 9.17) is 21.1 Å². The molecule has 1 aliphatic heterocycles. The van der Waals surface area contributed by atoms with E-state index >= 15 is 0 Å². The van der Waals surface area contributed by atoms with Gasteiger partial charge in [-0.1, -0.05) is 23.7 Å². The molecule has 1 aliphatic rings. The number of carbonyl (C=O) groups is 1. The van der Waals surface area contributed by atoms with Crippen LogP contribution in [0.25, 0.3) is 0 Å². The molecule has 1 heterocycles. The molecule has 5 nitrogen and oxygen atoms in total. The van der Waals surface area contributed by atoms with E-state index in [9.17, 15) is 4.79 Å². The number of halogens is 2. The van der Waals surface area contributed by atoms with Crippen molar-refractivity contribution in [2.24, 2.45) is 0 Å². The maximum absolute atomic E-state index is 12.4. The Hall–Kier alpha value is -1.95. The van der Waals surface area contributed by atoms with Crippen molar-refractivity contribution in [3.63, 3.8) is 0 Å². The van der Waals surface area contributed by atoms with E-state index in [1.165, 1.54) is 18.4 Å². The monoisotopic (exact) mass is 452 g/mol. The number of rotatable bonds is 8. The molecule has 7 heteroatoms. The van der Waals surface area contributed by atoms with Gasteiger partial charge in [-0.3, -0.25) is 9.69 Å². The van der Waals surface area contributed by atoms with Crippen LogP contribution in [0.2, 0.25) is 5.02 Å². The van der Waals surface area contributed by atoms with Gasteiger partial charge in [-0.15, -0.1) is 12.4 Å². The van der Waals surface area contributed by atoms with E-state index in [1.807, 2.05) is 38.1 Å². The minimum Gasteiger partial charge on any atom is -0.497 e. The molecule has 164 valence electrons. The van der Waals surface area contributed by atoms with Gasteiger partial charge in [0.1, 0.15) is 11.5 Å². The van der Waals surface area contributed by atoms with Crippen LogP contribution in [0.1, 0.15) is 35.6 Å². The van der Waals surface area contributed by atoms with E-state index in [0.717, 1.165) is 35.0 Å². The second-order valence-electron chi connectivity index (χ2n) is 7.50. The molecule has 1 unspecified atom stereocenters. The standard InChI is InChI=1S/C23H29ClN2O3.ClH/c1-16-12-20(13-17(2)23(16)24)29-15-22(27)25-14-21(26-10-4-5-11-26)18-6-8-19(28-3)9-7-18;/h6-9,12-13,21H,4-5,10-11,14-15H2,1-3H3,(H,25,27);1H. The van der Waals surface area contributed by atoms with Gasteiger partial charge in [0.15, 0.2) is 6.61 Å². The van der Waals surface area contributed by atoms with Crippen molar-refractivity contribution in [2.75, 3.05) is 33.4 Å². The Kier molecular flexibility index (Phi) is 9.28. The smallest absolute Gasteiger partial charge is 0.258 e. The number of ether oxygens (including phenoxy) is 2. The zero-order valence-electron chi connectivity index (χ0n) is 17.7. The van der Waals surface area contributed by atoms with Gasteiger partial charge in [0.25, 0.3) is 5.91 Å². The lowest BCUT2D eigenvalue weighted by Gasteiger charge is -2.28. The number of nitrogens with zero attached hydrogens (tertiary/aromatic N) is 1. The number of nitrogens with one attached hydrogen (secondary N) is 1. The van der Waals surface area contributed by atoms with Crippen LogP contribution in [0.4, 0.5) is 0 Å². The van der Waals surface area contributed by atoms with Gasteiger partial charge in [0.2, 0.25) is 0 Å². The molecule has 1 fully saturated rings. The summed E-state index contributed by atoms with van der Waals surface area (Å²) in [5.74, 6) is 1.36. The van der Waals surface area contributed by atoms with Gasteiger partial charge in [-0.05, 0) is 80.7 Å². The number of benzene rings is 2. The molecule has 1 atom stereocenters. The summed E-state index contributed by atoms with van der Waals surface area (Å²) in [5, 5.41) is 3.77. The van der Waals surface area contributed by atoms with E-state index in [1.54, 1.807) is 7.11 Å². The van der Waals surface area contributed by atoms with Crippen molar-refractivity contribution < 1.29 is 14.3 Å². The highest BCUT2D eigenvalue weighted by atomic mass is 35.5. The van der Waals surface area contributed by atoms with Crippen LogP contribution in [0.15, 0.2) is 36.4 Å². The molecule has 3 rings (SSSR count). The SMILES string of the molecule is COc1ccc(C(CNC(=O)COc2cc(C)c(Cl)c(C)c2)N2CCCC2)cc1.Cl. The molecule has 1 saturated heterocycles. The first-order chi connectivity index (χ1) is 14.0. The van der Waals surface area contributed by atoms with E-state index in [-0.39, 0.29) is 31.0 Å². The molecule has 0 bridgehead atoms. The molecule has 1 amide bonds. The summed E-state index contributed by atoms with van der Waals surface area (Å²) in [6, 6.07) is 11.9. The highest BCUT2D eigenvalue weighted by Crippen LogP contribution is 2.27. The Morgan fingerprint density at radius 2 is 1.70 bits per heavy atom. The van der Waals surface area contributed by atoms with Crippen LogP contribution in [0.5, 0.6) is 11.5 Å². The van der Waals surface area contributed by atoms with Crippen LogP contribution in [0, 0.1) is 13.8 Å². The van der Waals surface area contributed by atoms with E-state index in [0.29, 0.717) is 12.3 Å². The minimum absolute atomic E-state index is 0.